The minimum Gasteiger partial charge on any atom is -0.456 e. The quantitative estimate of drug-likeness (QED) is 0.167. The second-order valence-electron chi connectivity index (χ2n) is 19.6. The Kier molecular flexibility index (Phi) is 8.61. The first-order chi connectivity index (χ1) is 35.4. The Labute approximate surface area is 414 Å². The SMILES string of the molecule is CC1(C)c2ccccc2-c2ccc(-c3nc(-c4ccc5c(c4)oc4ccccc45)nc(-c4ccc5c6ccccc6n(-c6cccc7c8ccccc8n(-c8cccc(-c9ccccc9)c8)c67)c5c4)n3)cc21. The van der Waals surface area contributed by atoms with E-state index in [2.05, 4.69) is 229 Å². The molecular formula is C66H43N5O. The molecule has 10 aromatic carbocycles. The van der Waals surface area contributed by atoms with Gasteiger partial charge in [0.05, 0.1) is 27.8 Å². The van der Waals surface area contributed by atoms with E-state index in [0.717, 1.165) is 77.5 Å². The van der Waals surface area contributed by atoms with Gasteiger partial charge in [-0.2, -0.15) is 0 Å². The Hall–Kier alpha value is -9.39. The Bertz CT molecular complexity index is 4550. The first-order valence-electron chi connectivity index (χ1n) is 24.6. The molecule has 0 amide bonds. The summed E-state index contributed by atoms with van der Waals surface area (Å²) in [6.45, 7) is 4.62. The summed E-state index contributed by atoms with van der Waals surface area (Å²) in [5, 5.41) is 6.83. The van der Waals surface area contributed by atoms with Crippen LogP contribution in [0.3, 0.4) is 0 Å². The van der Waals surface area contributed by atoms with Crippen molar-refractivity contribution in [3.8, 4) is 67.8 Å². The Balaban J connectivity index is 0.959. The van der Waals surface area contributed by atoms with Crippen LogP contribution in [0.1, 0.15) is 25.0 Å². The number of hydrogen-bond acceptors (Lipinski definition) is 4. The zero-order valence-corrected chi connectivity index (χ0v) is 39.5. The van der Waals surface area contributed by atoms with Crippen LogP contribution < -0.4 is 0 Å². The molecule has 0 radical (unpaired) electrons. The topological polar surface area (TPSA) is 61.7 Å². The molecule has 1 aliphatic rings. The highest BCUT2D eigenvalue weighted by Crippen LogP contribution is 2.50. The fourth-order valence-electron chi connectivity index (χ4n) is 11.7. The van der Waals surface area contributed by atoms with Crippen LogP contribution in [0, 0.1) is 0 Å². The van der Waals surface area contributed by atoms with Crippen molar-refractivity contribution in [3.05, 3.63) is 236 Å². The average molecular weight is 922 g/mol. The molecule has 0 fully saturated rings. The third kappa shape index (κ3) is 5.99. The molecule has 0 saturated heterocycles. The minimum absolute atomic E-state index is 0.190. The lowest BCUT2D eigenvalue weighted by Crippen LogP contribution is -2.15. The highest BCUT2D eigenvalue weighted by atomic mass is 16.3. The van der Waals surface area contributed by atoms with Gasteiger partial charge in [0.1, 0.15) is 11.2 Å². The van der Waals surface area contributed by atoms with Gasteiger partial charge < -0.3 is 13.6 Å². The molecule has 4 heterocycles. The first-order valence-corrected chi connectivity index (χ1v) is 24.6. The second-order valence-corrected chi connectivity index (χ2v) is 19.6. The highest BCUT2D eigenvalue weighted by molar-refractivity contribution is 6.15. The Morgan fingerprint density at radius 1 is 0.347 bits per heavy atom. The maximum Gasteiger partial charge on any atom is 0.164 e. The maximum atomic E-state index is 6.42. The smallest absolute Gasteiger partial charge is 0.164 e. The summed E-state index contributed by atoms with van der Waals surface area (Å²) in [6.07, 6.45) is 0. The van der Waals surface area contributed by atoms with Gasteiger partial charge in [0.25, 0.3) is 0 Å². The van der Waals surface area contributed by atoms with Crippen LogP contribution in [0.15, 0.2) is 229 Å². The van der Waals surface area contributed by atoms with Crippen LogP contribution >= 0.6 is 0 Å². The molecule has 72 heavy (non-hydrogen) atoms. The lowest BCUT2D eigenvalue weighted by molar-refractivity contribution is 0.660. The molecular weight excluding hydrogens is 879 g/mol. The molecule has 0 aliphatic heterocycles. The maximum absolute atomic E-state index is 6.42. The van der Waals surface area contributed by atoms with Crippen molar-refractivity contribution in [2.24, 2.45) is 0 Å². The predicted molar refractivity (Wildman–Crippen MR) is 295 cm³/mol. The molecule has 4 aromatic heterocycles. The van der Waals surface area contributed by atoms with Gasteiger partial charge in [0, 0.05) is 60.1 Å². The molecule has 0 saturated carbocycles. The fourth-order valence-corrected chi connectivity index (χ4v) is 11.7. The summed E-state index contributed by atoms with van der Waals surface area (Å²) in [6, 6.07) is 80.3. The third-order valence-corrected chi connectivity index (χ3v) is 15.2. The van der Waals surface area contributed by atoms with E-state index in [-0.39, 0.29) is 5.41 Å². The minimum atomic E-state index is -0.190. The number of fused-ring (bicyclic) bond motifs is 12. The number of aromatic nitrogens is 5. The van der Waals surface area contributed by atoms with Gasteiger partial charge in [-0.1, -0.05) is 178 Å². The summed E-state index contributed by atoms with van der Waals surface area (Å²) < 4.78 is 11.3. The van der Waals surface area contributed by atoms with Gasteiger partial charge in [0.2, 0.25) is 0 Å². The summed E-state index contributed by atoms with van der Waals surface area (Å²) in [5.74, 6) is 1.78. The van der Waals surface area contributed by atoms with Gasteiger partial charge in [0.15, 0.2) is 17.5 Å². The number of rotatable bonds is 6. The van der Waals surface area contributed by atoms with E-state index in [9.17, 15) is 0 Å². The monoisotopic (exact) mass is 921 g/mol. The van der Waals surface area contributed by atoms with E-state index in [1.54, 1.807) is 0 Å². The highest BCUT2D eigenvalue weighted by Gasteiger charge is 2.35. The molecule has 14 aromatic rings. The lowest BCUT2D eigenvalue weighted by atomic mass is 9.82. The molecule has 6 nitrogen and oxygen atoms in total. The van der Waals surface area contributed by atoms with Crippen molar-refractivity contribution >= 4 is 65.6 Å². The van der Waals surface area contributed by atoms with Crippen molar-refractivity contribution in [3.63, 3.8) is 0 Å². The summed E-state index contributed by atoms with van der Waals surface area (Å²) in [4.78, 5) is 16.0. The van der Waals surface area contributed by atoms with Crippen LogP contribution in [-0.2, 0) is 5.41 Å². The van der Waals surface area contributed by atoms with Crippen molar-refractivity contribution in [2.45, 2.75) is 19.3 Å². The van der Waals surface area contributed by atoms with E-state index in [1.807, 2.05) is 18.2 Å². The second kappa shape index (κ2) is 15.3. The van der Waals surface area contributed by atoms with Crippen LogP contribution in [0.25, 0.3) is 133 Å². The summed E-state index contributed by atoms with van der Waals surface area (Å²) in [5.41, 5.74) is 18.2. The normalized spacial score (nSPS) is 13.0. The van der Waals surface area contributed by atoms with Crippen molar-refractivity contribution in [2.75, 3.05) is 0 Å². The number of hydrogen-bond donors (Lipinski definition) is 0. The average Bonchev–Trinajstić information content (AvgIpc) is 4.15. The number of nitrogens with zero attached hydrogens (tertiary/aromatic N) is 5. The zero-order chi connectivity index (χ0) is 47.7. The molecule has 0 unspecified atom stereocenters. The van der Waals surface area contributed by atoms with Gasteiger partial charge in [-0.05, 0) is 94.0 Å². The van der Waals surface area contributed by atoms with Gasteiger partial charge in [-0.25, -0.2) is 15.0 Å². The molecule has 15 rings (SSSR count). The predicted octanol–water partition coefficient (Wildman–Crippen LogP) is 16.9. The zero-order valence-electron chi connectivity index (χ0n) is 39.5. The largest absolute Gasteiger partial charge is 0.456 e. The van der Waals surface area contributed by atoms with Gasteiger partial charge >= 0.3 is 0 Å². The first kappa shape index (κ1) is 40.5. The molecule has 0 N–H and O–H groups in total. The number of para-hydroxylation sites is 4. The van der Waals surface area contributed by atoms with E-state index in [0.29, 0.717) is 17.5 Å². The summed E-state index contributed by atoms with van der Waals surface area (Å²) in [7, 11) is 0. The van der Waals surface area contributed by atoms with Crippen LogP contribution in [-0.4, -0.2) is 24.1 Å². The van der Waals surface area contributed by atoms with Crippen molar-refractivity contribution < 1.29 is 4.42 Å². The van der Waals surface area contributed by atoms with Gasteiger partial charge in [-0.15, -0.1) is 0 Å². The molecule has 0 atom stereocenters. The summed E-state index contributed by atoms with van der Waals surface area (Å²) >= 11 is 0. The fraction of sp³-hybridized carbons (Fsp3) is 0.0455. The molecule has 338 valence electrons. The third-order valence-electron chi connectivity index (χ3n) is 15.2. The standard InChI is InChI=1S/C66H43N5O/c1-66(2)54-25-10-6-20-46(54)47-33-30-42(37-55(47)66)63-67-64(69-65(68-63)44-32-35-52-51-23-9-13-29-60(51)72-61(52)39-44)43-31-34-50-48-21-7-12-27-57(48)71(59(50)38-43)58-28-15-24-53-49-22-8-11-26-56(49)70(62(53)58)45-19-14-18-41(36-45)40-16-4-3-5-17-40/h3-39H,1-2H3. The molecule has 6 heteroatoms. The van der Waals surface area contributed by atoms with E-state index in [4.69, 9.17) is 19.4 Å². The Morgan fingerprint density at radius 2 is 0.903 bits per heavy atom. The molecule has 1 aliphatic carbocycles. The van der Waals surface area contributed by atoms with E-state index >= 15 is 0 Å². The Morgan fingerprint density at radius 3 is 1.71 bits per heavy atom. The van der Waals surface area contributed by atoms with Crippen LogP contribution in [0.5, 0.6) is 0 Å². The van der Waals surface area contributed by atoms with E-state index < -0.39 is 0 Å². The molecule has 0 spiro atoms. The van der Waals surface area contributed by atoms with Crippen LogP contribution in [0.2, 0.25) is 0 Å². The van der Waals surface area contributed by atoms with Crippen molar-refractivity contribution in [1.82, 2.24) is 24.1 Å². The van der Waals surface area contributed by atoms with Gasteiger partial charge in [-0.3, -0.25) is 0 Å². The van der Waals surface area contributed by atoms with E-state index in [1.165, 1.54) is 49.5 Å². The number of furan rings is 1. The van der Waals surface area contributed by atoms with Crippen LogP contribution in [0.4, 0.5) is 0 Å². The molecule has 0 bridgehead atoms. The lowest BCUT2D eigenvalue weighted by Gasteiger charge is -2.21. The van der Waals surface area contributed by atoms with Crippen molar-refractivity contribution in [1.29, 1.82) is 0 Å². The number of benzene rings is 10.